The largest absolute Gasteiger partial charge is 0.493 e. The zero-order valence-electron chi connectivity index (χ0n) is 16.1. The van der Waals surface area contributed by atoms with E-state index in [1.807, 2.05) is 26.0 Å². The molecule has 7 nitrogen and oxygen atoms in total. The molecular formula is C21H21BrN4O3. The molecule has 0 spiro atoms. The highest BCUT2D eigenvalue weighted by atomic mass is 79.9. The van der Waals surface area contributed by atoms with E-state index >= 15 is 0 Å². The van der Waals surface area contributed by atoms with E-state index < -0.39 is 5.91 Å². The van der Waals surface area contributed by atoms with E-state index in [4.69, 9.17) is 0 Å². The number of nitrogens with zero attached hydrogens (tertiary/aromatic N) is 2. The lowest BCUT2D eigenvalue weighted by atomic mass is 10.1. The third-order valence-corrected chi connectivity index (χ3v) is 5.30. The van der Waals surface area contributed by atoms with Gasteiger partial charge in [0.2, 0.25) is 11.8 Å². The van der Waals surface area contributed by atoms with Gasteiger partial charge in [-0.15, -0.1) is 10.2 Å². The van der Waals surface area contributed by atoms with Crippen molar-refractivity contribution < 1.29 is 14.7 Å². The van der Waals surface area contributed by atoms with Crippen molar-refractivity contribution in [2.45, 2.75) is 33.1 Å². The summed E-state index contributed by atoms with van der Waals surface area (Å²) < 4.78 is 0.896. The Morgan fingerprint density at radius 3 is 2.62 bits per heavy atom. The number of carbonyl (C=O) groups excluding carboxylic acids is 2. The molecule has 0 aliphatic carbocycles. The van der Waals surface area contributed by atoms with Gasteiger partial charge in [0.05, 0.1) is 5.52 Å². The van der Waals surface area contributed by atoms with E-state index in [0.29, 0.717) is 28.6 Å². The van der Waals surface area contributed by atoms with Crippen LogP contribution in [0.3, 0.4) is 0 Å². The molecule has 0 bridgehead atoms. The van der Waals surface area contributed by atoms with Crippen LogP contribution >= 0.6 is 15.9 Å². The minimum atomic E-state index is -0.545. The zero-order chi connectivity index (χ0) is 21.0. The fourth-order valence-corrected chi connectivity index (χ4v) is 3.15. The molecule has 2 aromatic carbocycles. The average molecular weight is 457 g/mol. The minimum absolute atomic E-state index is 0.0534. The summed E-state index contributed by atoms with van der Waals surface area (Å²) in [6, 6.07) is 10.1. The number of rotatable bonds is 6. The first-order valence-corrected chi connectivity index (χ1v) is 10.0. The maximum atomic E-state index is 12.3. The molecule has 3 N–H and O–H groups in total. The summed E-state index contributed by atoms with van der Waals surface area (Å²) in [5.41, 5.74) is 2.82. The molecule has 29 heavy (non-hydrogen) atoms. The number of fused-ring (bicyclic) bond motifs is 1. The van der Waals surface area contributed by atoms with Gasteiger partial charge >= 0.3 is 0 Å². The predicted octanol–water partition coefficient (Wildman–Crippen LogP) is 6.00. The van der Waals surface area contributed by atoms with Crippen LogP contribution in [0.5, 0.6) is 5.88 Å². The van der Waals surface area contributed by atoms with Crippen molar-refractivity contribution in [2.75, 3.05) is 5.32 Å². The molecule has 0 unspecified atom stereocenters. The van der Waals surface area contributed by atoms with Gasteiger partial charge < -0.3 is 15.4 Å². The Morgan fingerprint density at radius 1 is 1.21 bits per heavy atom. The zero-order valence-corrected chi connectivity index (χ0v) is 17.7. The number of H-pyrrole nitrogens is 1. The van der Waals surface area contributed by atoms with E-state index in [0.717, 1.165) is 22.9 Å². The van der Waals surface area contributed by atoms with Crippen molar-refractivity contribution in [2.24, 2.45) is 10.2 Å². The third-order valence-electron chi connectivity index (χ3n) is 4.45. The molecule has 0 saturated heterocycles. The molecule has 1 aromatic heterocycles. The van der Waals surface area contributed by atoms with E-state index in [-0.39, 0.29) is 17.5 Å². The van der Waals surface area contributed by atoms with Gasteiger partial charge in [0.1, 0.15) is 0 Å². The van der Waals surface area contributed by atoms with Crippen LogP contribution in [0.4, 0.5) is 11.4 Å². The van der Waals surface area contributed by atoms with Gasteiger partial charge in [0, 0.05) is 27.5 Å². The molecule has 3 rings (SSSR count). The molecule has 1 heterocycles. The Labute approximate surface area is 176 Å². The van der Waals surface area contributed by atoms with Crippen LogP contribution in [0.15, 0.2) is 51.1 Å². The molecule has 0 fully saturated rings. The van der Waals surface area contributed by atoms with Crippen LogP contribution in [0.2, 0.25) is 0 Å². The highest BCUT2D eigenvalue weighted by Crippen LogP contribution is 2.37. The first-order chi connectivity index (χ1) is 13.9. The second-order valence-corrected chi connectivity index (χ2v) is 7.56. The summed E-state index contributed by atoms with van der Waals surface area (Å²) in [5.74, 6) is -0.752. The van der Waals surface area contributed by atoms with E-state index in [1.54, 1.807) is 24.3 Å². The van der Waals surface area contributed by atoms with Gasteiger partial charge in [0.25, 0.3) is 5.91 Å². The third kappa shape index (κ3) is 4.89. The lowest BCUT2D eigenvalue weighted by molar-refractivity contribution is -0.116. The number of aromatic hydroxyl groups is 1. The smallest absolute Gasteiger partial charge is 0.295 e. The number of aromatic amines is 1. The molecule has 0 aliphatic rings. The molecule has 0 aliphatic heterocycles. The maximum absolute atomic E-state index is 12.3. The Bertz CT molecular complexity index is 1090. The van der Waals surface area contributed by atoms with Crippen LogP contribution in [0, 0.1) is 6.92 Å². The molecular weight excluding hydrogens is 436 g/mol. The topological polar surface area (TPSA) is 107 Å². The number of aryl methyl sites for hydroxylation is 1. The second kappa shape index (κ2) is 9.00. The Hall–Kier alpha value is -3.00. The number of hydrogen-bond donors (Lipinski definition) is 3. The number of anilines is 1. The summed E-state index contributed by atoms with van der Waals surface area (Å²) in [6.07, 6.45) is 2.25. The highest BCUT2D eigenvalue weighted by molar-refractivity contribution is 9.10. The lowest BCUT2D eigenvalue weighted by Crippen LogP contribution is -2.10. The summed E-state index contributed by atoms with van der Waals surface area (Å²) in [5, 5.41) is 21.3. The van der Waals surface area contributed by atoms with Gasteiger partial charge in [0.15, 0.2) is 5.69 Å². The second-order valence-electron chi connectivity index (χ2n) is 6.70. The number of unbranched alkanes of at least 4 members (excludes halogenated alkanes) is 1. The number of azo groups is 1. The van der Waals surface area contributed by atoms with Crippen molar-refractivity contribution in [3.63, 3.8) is 0 Å². The number of halogens is 1. The summed E-state index contributed by atoms with van der Waals surface area (Å²) >= 11 is 3.44. The van der Waals surface area contributed by atoms with Gasteiger partial charge in [-0.1, -0.05) is 29.3 Å². The number of carbonyl (C=O) groups is 2. The van der Waals surface area contributed by atoms with Crippen molar-refractivity contribution in [1.29, 1.82) is 0 Å². The lowest BCUT2D eigenvalue weighted by Gasteiger charge is -2.04. The monoisotopic (exact) mass is 456 g/mol. The summed E-state index contributed by atoms with van der Waals surface area (Å²) in [4.78, 5) is 26.9. The molecule has 150 valence electrons. The van der Waals surface area contributed by atoms with Crippen molar-refractivity contribution in [3.8, 4) is 5.88 Å². The summed E-state index contributed by atoms with van der Waals surface area (Å²) in [6.45, 7) is 3.95. The van der Waals surface area contributed by atoms with Crippen LogP contribution in [0.25, 0.3) is 10.9 Å². The number of hydrogen-bond acceptors (Lipinski definition) is 4. The Kier molecular flexibility index (Phi) is 6.43. The van der Waals surface area contributed by atoms with Gasteiger partial charge in [-0.05, 0) is 55.3 Å². The van der Waals surface area contributed by atoms with Crippen LogP contribution in [-0.4, -0.2) is 21.9 Å². The Balaban J connectivity index is 1.74. The molecule has 0 atom stereocenters. The average Bonchev–Trinajstić information content (AvgIpc) is 2.99. The SMILES string of the molecule is CCCCC(=O)Nc1ccc(C(=O)N=Nc2c(O)[nH]c3cc(Br)c(C)cc23)cc1. The molecule has 3 aromatic rings. The van der Waals surface area contributed by atoms with Gasteiger partial charge in [-0.3, -0.25) is 9.59 Å². The molecule has 0 radical (unpaired) electrons. The number of aromatic nitrogens is 1. The van der Waals surface area contributed by atoms with Crippen molar-refractivity contribution >= 4 is 50.0 Å². The minimum Gasteiger partial charge on any atom is -0.493 e. The normalized spacial score (nSPS) is 11.3. The standard InChI is InChI=1S/C21H21BrN4O3/c1-3-4-5-18(27)23-14-8-6-13(7-9-14)20(28)26-25-19-15-10-12(2)16(22)11-17(15)24-21(19)29/h6-11,24,29H,3-5H2,1-2H3,(H,23,27). The van der Waals surface area contributed by atoms with Crippen LogP contribution in [-0.2, 0) is 4.79 Å². The number of nitrogens with one attached hydrogen (secondary N) is 2. The molecule has 8 heteroatoms. The highest BCUT2D eigenvalue weighted by Gasteiger charge is 2.13. The number of amides is 2. The van der Waals surface area contributed by atoms with Crippen molar-refractivity contribution in [1.82, 2.24) is 4.98 Å². The van der Waals surface area contributed by atoms with Crippen LogP contribution < -0.4 is 5.32 Å². The Morgan fingerprint density at radius 2 is 1.93 bits per heavy atom. The quantitative estimate of drug-likeness (QED) is 0.395. The van der Waals surface area contributed by atoms with Crippen LogP contribution in [0.1, 0.15) is 42.1 Å². The molecule has 2 amide bonds. The molecule has 0 saturated carbocycles. The van der Waals surface area contributed by atoms with E-state index in [2.05, 4.69) is 36.5 Å². The van der Waals surface area contributed by atoms with Gasteiger partial charge in [-0.2, -0.15) is 0 Å². The first-order valence-electron chi connectivity index (χ1n) is 9.25. The summed E-state index contributed by atoms with van der Waals surface area (Å²) in [7, 11) is 0. The van der Waals surface area contributed by atoms with Crippen molar-refractivity contribution in [3.05, 3.63) is 52.0 Å². The number of benzene rings is 2. The fraction of sp³-hybridized carbons (Fsp3) is 0.238. The maximum Gasteiger partial charge on any atom is 0.295 e. The first kappa shape index (κ1) is 20.7. The fourth-order valence-electron chi connectivity index (χ4n) is 2.81. The van der Waals surface area contributed by atoms with E-state index in [1.165, 1.54) is 0 Å². The van der Waals surface area contributed by atoms with E-state index in [9.17, 15) is 14.7 Å². The predicted molar refractivity (Wildman–Crippen MR) is 116 cm³/mol. The van der Waals surface area contributed by atoms with Gasteiger partial charge in [-0.25, -0.2) is 0 Å².